The molecule has 1 aliphatic rings. The Morgan fingerprint density at radius 2 is 2.27 bits per heavy atom. The van der Waals surface area contributed by atoms with Gasteiger partial charge in [-0.25, -0.2) is 4.39 Å². The van der Waals surface area contributed by atoms with Gasteiger partial charge in [-0.1, -0.05) is 12.1 Å². The third-order valence-electron chi connectivity index (χ3n) is 4.46. The van der Waals surface area contributed by atoms with Gasteiger partial charge in [-0.05, 0) is 43.9 Å². The summed E-state index contributed by atoms with van der Waals surface area (Å²) >= 11 is 0. The lowest BCUT2D eigenvalue weighted by Crippen LogP contribution is -2.37. The van der Waals surface area contributed by atoms with E-state index in [1.54, 1.807) is 23.0 Å². The van der Waals surface area contributed by atoms with Crippen LogP contribution in [0.5, 0.6) is 0 Å². The fourth-order valence-electron chi connectivity index (χ4n) is 3.11. The predicted molar refractivity (Wildman–Crippen MR) is 82.1 cm³/mol. The number of aryl methyl sites for hydroxylation is 1. The van der Waals surface area contributed by atoms with E-state index in [4.69, 9.17) is 0 Å². The second-order valence-corrected chi connectivity index (χ2v) is 5.90. The molecule has 0 saturated carbocycles. The number of aromatic nitrogens is 2. The first-order valence-corrected chi connectivity index (χ1v) is 7.60. The van der Waals surface area contributed by atoms with Crippen LogP contribution in [0.2, 0.25) is 0 Å². The van der Waals surface area contributed by atoms with Crippen molar-refractivity contribution < 1.29 is 9.18 Å². The molecule has 0 bridgehead atoms. The minimum atomic E-state index is -0.225. The fourth-order valence-corrected chi connectivity index (χ4v) is 3.11. The van der Waals surface area contributed by atoms with E-state index < -0.39 is 0 Å². The zero-order valence-electron chi connectivity index (χ0n) is 12.9. The lowest BCUT2D eigenvalue weighted by molar-refractivity contribution is 0.0735. The van der Waals surface area contributed by atoms with E-state index in [-0.39, 0.29) is 17.8 Å². The van der Waals surface area contributed by atoms with Crippen LogP contribution in [0.25, 0.3) is 0 Å². The highest BCUT2D eigenvalue weighted by molar-refractivity contribution is 5.95. The number of halogens is 1. The van der Waals surface area contributed by atoms with Gasteiger partial charge in [-0.15, -0.1) is 0 Å². The predicted octanol–water partition coefficient (Wildman–Crippen LogP) is 2.71. The third-order valence-corrected chi connectivity index (χ3v) is 4.46. The molecule has 1 amide bonds. The molecule has 3 rings (SSSR count). The van der Waals surface area contributed by atoms with Gasteiger partial charge in [0.25, 0.3) is 5.91 Å². The number of carbonyl (C=O) groups excluding carboxylic acids is 1. The molecule has 1 fully saturated rings. The van der Waals surface area contributed by atoms with E-state index in [0.29, 0.717) is 12.0 Å². The zero-order valence-corrected chi connectivity index (χ0v) is 12.9. The summed E-state index contributed by atoms with van der Waals surface area (Å²) in [7, 11) is 1.83. The quantitative estimate of drug-likeness (QED) is 0.874. The van der Waals surface area contributed by atoms with Gasteiger partial charge in [0, 0.05) is 25.3 Å². The van der Waals surface area contributed by atoms with E-state index >= 15 is 0 Å². The molecule has 0 spiro atoms. The second-order valence-electron chi connectivity index (χ2n) is 5.90. The van der Waals surface area contributed by atoms with Crippen LogP contribution in [-0.2, 0) is 13.5 Å². The van der Waals surface area contributed by atoms with Crippen LogP contribution < -0.4 is 0 Å². The fraction of sp³-hybridized carbons (Fsp3) is 0.412. The molecular formula is C17H20FN3O. The van der Waals surface area contributed by atoms with Gasteiger partial charge in [0.05, 0.1) is 11.8 Å². The van der Waals surface area contributed by atoms with Gasteiger partial charge in [-0.3, -0.25) is 9.48 Å². The van der Waals surface area contributed by atoms with Crippen LogP contribution >= 0.6 is 0 Å². The van der Waals surface area contributed by atoms with Crippen LogP contribution in [0.4, 0.5) is 4.39 Å². The van der Waals surface area contributed by atoms with E-state index in [1.807, 2.05) is 24.9 Å². The molecule has 0 aliphatic carbocycles. The Kier molecular flexibility index (Phi) is 3.96. The average molecular weight is 301 g/mol. The standard InChI is InChI=1S/C17H20FN3O/c1-12-16(11-19-20(12)2)17(22)21-8-4-7-15(21)10-13-5-3-6-14(18)9-13/h3,5-6,9,11,15H,4,7-8,10H2,1-2H3/t15-/m0/s1. The molecule has 2 aromatic rings. The van der Waals surface area contributed by atoms with Crippen molar-refractivity contribution in [2.45, 2.75) is 32.2 Å². The molecule has 1 aromatic heterocycles. The van der Waals surface area contributed by atoms with Gasteiger partial charge in [-0.2, -0.15) is 5.10 Å². The van der Waals surface area contributed by atoms with Crippen molar-refractivity contribution in [1.82, 2.24) is 14.7 Å². The van der Waals surface area contributed by atoms with Gasteiger partial charge in [0.15, 0.2) is 0 Å². The summed E-state index contributed by atoms with van der Waals surface area (Å²) in [5.41, 5.74) is 2.47. The largest absolute Gasteiger partial charge is 0.335 e. The summed E-state index contributed by atoms with van der Waals surface area (Å²) in [5, 5.41) is 4.15. The number of benzene rings is 1. The highest BCUT2D eigenvalue weighted by Crippen LogP contribution is 2.24. The smallest absolute Gasteiger partial charge is 0.257 e. The minimum absolute atomic E-state index is 0.0319. The highest BCUT2D eigenvalue weighted by Gasteiger charge is 2.31. The van der Waals surface area contributed by atoms with Crippen molar-refractivity contribution in [3.05, 3.63) is 53.1 Å². The first kappa shape index (κ1) is 14.8. The Morgan fingerprint density at radius 1 is 1.45 bits per heavy atom. The maximum absolute atomic E-state index is 13.3. The number of likely N-dealkylation sites (tertiary alicyclic amines) is 1. The molecule has 1 atom stereocenters. The zero-order chi connectivity index (χ0) is 15.7. The average Bonchev–Trinajstić information content (AvgIpc) is 3.07. The van der Waals surface area contributed by atoms with Crippen molar-refractivity contribution in [2.24, 2.45) is 7.05 Å². The van der Waals surface area contributed by atoms with Crippen molar-refractivity contribution in [2.75, 3.05) is 6.54 Å². The van der Waals surface area contributed by atoms with E-state index in [0.717, 1.165) is 30.6 Å². The molecule has 116 valence electrons. The molecular weight excluding hydrogens is 281 g/mol. The number of carbonyl (C=O) groups is 1. The molecule has 22 heavy (non-hydrogen) atoms. The normalized spacial score (nSPS) is 18.0. The Balaban J connectivity index is 1.78. The Morgan fingerprint density at radius 3 is 2.95 bits per heavy atom. The third kappa shape index (κ3) is 2.75. The summed E-state index contributed by atoms with van der Waals surface area (Å²) in [6, 6.07) is 6.76. The van der Waals surface area contributed by atoms with Crippen LogP contribution in [0, 0.1) is 12.7 Å². The number of amides is 1. The molecule has 1 aromatic carbocycles. The first-order valence-electron chi connectivity index (χ1n) is 7.60. The van der Waals surface area contributed by atoms with Gasteiger partial charge >= 0.3 is 0 Å². The van der Waals surface area contributed by atoms with Crippen LogP contribution in [-0.4, -0.2) is 33.2 Å². The number of hydrogen-bond donors (Lipinski definition) is 0. The Hall–Kier alpha value is -2.17. The van der Waals surface area contributed by atoms with Crippen molar-refractivity contribution in [3.63, 3.8) is 0 Å². The summed E-state index contributed by atoms with van der Waals surface area (Å²) < 4.78 is 15.0. The van der Waals surface area contributed by atoms with Crippen LogP contribution in [0.1, 0.15) is 34.5 Å². The summed E-state index contributed by atoms with van der Waals surface area (Å²) in [6.07, 6.45) is 4.28. The van der Waals surface area contributed by atoms with Crippen molar-refractivity contribution >= 4 is 5.91 Å². The Labute approximate surface area is 129 Å². The summed E-state index contributed by atoms with van der Waals surface area (Å²) in [4.78, 5) is 14.7. The lowest BCUT2D eigenvalue weighted by Gasteiger charge is -2.24. The molecule has 0 N–H and O–H groups in total. The number of nitrogens with zero attached hydrogens (tertiary/aromatic N) is 3. The molecule has 2 heterocycles. The summed E-state index contributed by atoms with van der Waals surface area (Å²) in [5.74, 6) is -0.194. The van der Waals surface area contributed by atoms with Gasteiger partial charge in [0.2, 0.25) is 0 Å². The maximum Gasteiger partial charge on any atom is 0.257 e. The van der Waals surface area contributed by atoms with Crippen molar-refractivity contribution in [3.8, 4) is 0 Å². The molecule has 4 nitrogen and oxygen atoms in total. The van der Waals surface area contributed by atoms with Crippen LogP contribution in [0.15, 0.2) is 30.5 Å². The molecule has 0 radical (unpaired) electrons. The highest BCUT2D eigenvalue weighted by atomic mass is 19.1. The van der Waals surface area contributed by atoms with E-state index in [9.17, 15) is 9.18 Å². The van der Waals surface area contributed by atoms with Crippen LogP contribution in [0.3, 0.4) is 0 Å². The number of rotatable bonds is 3. The molecule has 1 aliphatic heterocycles. The Bertz CT molecular complexity index is 695. The van der Waals surface area contributed by atoms with E-state index in [2.05, 4.69) is 5.10 Å². The number of hydrogen-bond acceptors (Lipinski definition) is 2. The van der Waals surface area contributed by atoms with Gasteiger partial charge < -0.3 is 4.90 Å². The molecule has 1 saturated heterocycles. The van der Waals surface area contributed by atoms with E-state index in [1.165, 1.54) is 6.07 Å². The molecule has 5 heteroatoms. The SMILES string of the molecule is Cc1c(C(=O)N2CCC[C@H]2Cc2cccc(F)c2)cnn1C. The first-order chi connectivity index (χ1) is 10.6. The summed E-state index contributed by atoms with van der Waals surface area (Å²) in [6.45, 7) is 2.66. The molecule has 0 unspecified atom stereocenters. The topological polar surface area (TPSA) is 38.1 Å². The van der Waals surface area contributed by atoms with Gasteiger partial charge in [0.1, 0.15) is 5.82 Å². The maximum atomic E-state index is 13.3. The minimum Gasteiger partial charge on any atom is -0.335 e. The lowest BCUT2D eigenvalue weighted by atomic mass is 10.0. The monoisotopic (exact) mass is 301 g/mol. The second kappa shape index (κ2) is 5.91. The van der Waals surface area contributed by atoms with Crippen molar-refractivity contribution in [1.29, 1.82) is 0 Å².